The van der Waals surface area contributed by atoms with Crippen molar-refractivity contribution < 1.29 is 5.48 Å². The van der Waals surface area contributed by atoms with E-state index in [9.17, 15) is 0 Å². The van der Waals surface area contributed by atoms with Gasteiger partial charge in [0.2, 0.25) is 0 Å². The predicted molar refractivity (Wildman–Crippen MR) is 97.4 cm³/mol. The molecule has 0 unspecified atom stereocenters. The molecule has 4 aromatic rings. The van der Waals surface area contributed by atoms with Crippen LogP contribution in [0.15, 0.2) is 24.3 Å². The van der Waals surface area contributed by atoms with Gasteiger partial charge in [-0.3, -0.25) is 0 Å². The zero-order chi connectivity index (χ0) is 17.4. The molecule has 4 rings (SSSR count). The monoisotopic (exact) mass is 342 g/mol. The highest BCUT2D eigenvalue weighted by Crippen LogP contribution is 2.10. The van der Waals surface area contributed by atoms with Crippen molar-refractivity contribution in [3.63, 3.8) is 0 Å². The molecule has 0 spiro atoms. The van der Waals surface area contributed by atoms with Crippen LogP contribution in [0.25, 0.3) is 11.3 Å². The van der Waals surface area contributed by atoms with E-state index in [1.54, 1.807) is 21.2 Å². The van der Waals surface area contributed by atoms with E-state index in [2.05, 4.69) is 20.2 Å². The van der Waals surface area contributed by atoms with E-state index in [0.717, 1.165) is 34.1 Å². The molecule has 0 saturated heterocycles. The second-order valence-corrected chi connectivity index (χ2v) is 5.76. The number of fused-ring (bicyclic) bond motifs is 2. The Balaban J connectivity index is 0.000000173. The second kappa shape index (κ2) is 6.73. The summed E-state index contributed by atoms with van der Waals surface area (Å²) in [6.45, 7) is 7.67. The Morgan fingerprint density at radius 2 is 1.00 bits per heavy atom. The maximum atomic E-state index is 5.73. The summed E-state index contributed by atoms with van der Waals surface area (Å²) in [5, 5.41) is 8.37. The number of hydrogen-bond donors (Lipinski definition) is 2. The van der Waals surface area contributed by atoms with Crippen molar-refractivity contribution in [1.29, 1.82) is 0 Å². The second-order valence-electron chi connectivity index (χ2n) is 5.76. The fourth-order valence-electron chi connectivity index (χ4n) is 2.49. The van der Waals surface area contributed by atoms with Crippen LogP contribution in [-0.4, -0.2) is 34.7 Å². The zero-order valence-corrected chi connectivity index (χ0v) is 14.6. The van der Waals surface area contributed by atoms with E-state index in [-0.39, 0.29) is 5.48 Å². The molecule has 25 heavy (non-hydrogen) atoms. The highest BCUT2D eigenvalue weighted by atomic mass is 16.0. The van der Waals surface area contributed by atoms with Gasteiger partial charge in [-0.25, -0.2) is 9.97 Å². The first-order valence-electron chi connectivity index (χ1n) is 7.52. The standard InChI is InChI=1S/2C8H10N4.H2O/c2*1-5-3-7(9)12-8(10-5)4-6(2)11-12;/h2*3-4H,9H2,1-2H3;1H2. The summed E-state index contributed by atoms with van der Waals surface area (Å²) in [6, 6.07) is 7.42. The summed E-state index contributed by atoms with van der Waals surface area (Å²) in [7, 11) is 0. The topological polar surface area (TPSA) is 144 Å². The SMILES string of the molecule is Cc1cc(N)n2nc(C)cc2n1.Cc1cc(N)n2nc(C)cc2n1.O. The van der Waals surface area contributed by atoms with E-state index in [1.165, 1.54) is 0 Å². The van der Waals surface area contributed by atoms with Crippen molar-refractivity contribution in [3.05, 3.63) is 47.0 Å². The molecule has 132 valence electrons. The third-order valence-electron chi connectivity index (χ3n) is 3.41. The highest BCUT2D eigenvalue weighted by molar-refractivity contribution is 5.48. The van der Waals surface area contributed by atoms with Gasteiger partial charge in [0.1, 0.15) is 11.6 Å². The van der Waals surface area contributed by atoms with E-state index >= 15 is 0 Å². The number of anilines is 2. The van der Waals surface area contributed by atoms with Crippen molar-refractivity contribution in [2.45, 2.75) is 27.7 Å². The van der Waals surface area contributed by atoms with Gasteiger partial charge in [0.15, 0.2) is 11.3 Å². The maximum Gasteiger partial charge on any atom is 0.157 e. The molecule has 4 heterocycles. The molecule has 0 aromatic carbocycles. The summed E-state index contributed by atoms with van der Waals surface area (Å²) in [5.41, 5.74) is 16.8. The Hall–Kier alpha value is -3.20. The van der Waals surface area contributed by atoms with Crippen LogP contribution in [0.1, 0.15) is 22.8 Å². The third-order valence-corrected chi connectivity index (χ3v) is 3.41. The van der Waals surface area contributed by atoms with Gasteiger partial charge in [-0.1, -0.05) is 0 Å². The van der Waals surface area contributed by atoms with Gasteiger partial charge in [-0.05, 0) is 27.7 Å². The molecule has 0 amide bonds. The predicted octanol–water partition coefficient (Wildman–Crippen LogP) is 1.03. The molecule has 0 atom stereocenters. The van der Waals surface area contributed by atoms with Crippen molar-refractivity contribution >= 4 is 22.9 Å². The van der Waals surface area contributed by atoms with Crippen molar-refractivity contribution in [1.82, 2.24) is 29.2 Å². The molecule has 0 saturated carbocycles. The fourth-order valence-corrected chi connectivity index (χ4v) is 2.49. The van der Waals surface area contributed by atoms with Crippen molar-refractivity contribution in [3.8, 4) is 0 Å². The Morgan fingerprint density at radius 1 is 0.640 bits per heavy atom. The number of nitrogens with two attached hydrogens (primary N) is 2. The van der Waals surface area contributed by atoms with Crippen LogP contribution in [-0.2, 0) is 0 Å². The molecular weight excluding hydrogens is 320 g/mol. The molecule has 6 N–H and O–H groups in total. The molecular formula is C16H22N8O. The average Bonchev–Trinajstić information content (AvgIpc) is 3.01. The van der Waals surface area contributed by atoms with Gasteiger partial charge in [0.05, 0.1) is 11.4 Å². The van der Waals surface area contributed by atoms with E-state index in [1.807, 2.05) is 39.8 Å². The van der Waals surface area contributed by atoms with Gasteiger partial charge in [0, 0.05) is 35.7 Å². The molecule has 9 heteroatoms. The largest absolute Gasteiger partial charge is 0.412 e. The molecule has 0 fully saturated rings. The Bertz CT molecular complexity index is 950. The Morgan fingerprint density at radius 3 is 1.36 bits per heavy atom. The quantitative estimate of drug-likeness (QED) is 0.488. The molecule has 0 radical (unpaired) electrons. The van der Waals surface area contributed by atoms with Crippen LogP contribution in [0.4, 0.5) is 11.6 Å². The number of nitrogens with zero attached hydrogens (tertiary/aromatic N) is 6. The van der Waals surface area contributed by atoms with Gasteiger partial charge >= 0.3 is 0 Å². The minimum atomic E-state index is 0. The van der Waals surface area contributed by atoms with Crippen LogP contribution < -0.4 is 11.5 Å². The Kier molecular flexibility index (Phi) is 4.89. The van der Waals surface area contributed by atoms with Crippen LogP contribution in [0, 0.1) is 27.7 Å². The molecule has 4 aromatic heterocycles. The van der Waals surface area contributed by atoms with Crippen LogP contribution in [0.5, 0.6) is 0 Å². The van der Waals surface area contributed by atoms with Gasteiger partial charge in [-0.2, -0.15) is 19.2 Å². The first kappa shape index (κ1) is 18.1. The molecule has 0 aliphatic rings. The summed E-state index contributed by atoms with van der Waals surface area (Å²) in [4.78, 5) is 8.56. The van der Waals surface area contributed by atoms with Gasteiger partial charge < -0.3 is 16.9 Å². The van der Waals surface area contributed by atoms with Gasteiger partial charge in [0.25, 0.3) is 0 Å². The summed E-state index contributed by atoms with van der Waals surface area (Å²) in [6.07, 6.45) is 0. The van der Waals surface area contributed by atoms with Crippen molar-refractivity contribution in [2.75, 3.05) is 11.5 Å². The lowest BCUT2D eigenvalue weighted by Crippen LogP contribution is -2.00. The molecule has 9 nitrogen and oxygen atoms in total. The van der Waals surface area contributed by atoms with Crippen LogP contribution in [0.3, 0.4) is 0 Å². The zero-order valence-electron chi connectivity index (χ0n) is 14.6. The lowest BCUT2D eigenvalue weighted by Gasteiger charge is -1.98. The van der Waals surface area contributed by atoms with E-state index < -0.39 is 0 Å². The molecule has 0 aliphatic heterocycles. The number of nitrogen functional groups attached to an aromatic ring is 2. The number of rotatable bonds is 0. The van der Waals surface area contributed by atoms with Crippen LogP contribution >= 0.6 is 0 Å². The lowest BCUT2D eigenvalue weighted by atomic mass is 10.4. The summed E-state index contributed by atoms with van der Waals surface area (Å²) in [5.74, 6) is 1.26. The Labute approximate surface area is 144 Å². The average molecular weight is 342 g/mol. The lowest BCUT2D eigenvalue weighted by molar-refractivity contribution is 0.824. The maximum absolute atomic E-state index is 5.73. The first-order chi connectivity index (χ1) is 11.3. The molecule has 0 bridgehead atoms. The number of hydrogen-bond acceptors (Lipinski definition) is 6. The smallest absolute Gasteiger partial charge is 0.157 e. The number of aryl methyl sites for hydroxylation is 4. The minimum absolute atomic E-state index is 0. The van der Waals surface area contributed by atoms with Crippen molar-refractivity contribution in [2.24, 2.45) is 0 Å². The minimum Gasteiger partial charge on any atom is -0.412 e. The molecule has 0 aliphatic carbocycles. The van der Waals surface area contributed by atoms with E-state index in [4.69, 9.17) is 11.5 Å². The third kappa shape index (κ3) is 3.66. The number of aromatic nitrogens is 6. The van der Waals surface area contributed by atoms with Crippen LogP contribution in [0.2, 0.25) is 0 Å². The normalized spacial score (nSPS) is 10.4. The first-order valence-corrected chi connectivity index (χ1v) is 7.52. The highest BCUT2D eigenvalue weighted by Gasteiger charge is 2.03. The van der Waals surface area contributed by atoms with E-state index in [0.29, 0.717) is 11.6 Å². The summed E-state index contributed by atoms with van der Waals surface area (Å²) >= 11 is 0. The van der Waals surface area contributed by atoms with Gasteiger partial charge in [-0.15, -0.1) is 0 Å². The fraction of sp³-hybridized carbons (Fsp3) is 0.250. The summed E-state index contributed by atoms with van der Waals surface area (Å²) < 4.78 is 3.28.